The van der Waals surface area contributed by atoms with Crippen molar-refractivity contribution in [1.82, 2.24) is 0 Å². The second-order valence-electron chi connectivity index (χ2n) is 3.57. The molecule has 0 saturated carbocycles. The van der Waals surface area contributed by atoms with Gasteiger partial charge in [-0.1, -0.05) is 24.3 Å². The van der Waals surface area contributed by atoms with Crippen LogP contribution in [0.4, 0.5) is 0 Å². The molecule has 0 heterocycles. The van der Waals surface area contributed by atoms with Gasteiger partial charge in [-0.05, 0) is 17.5 Å². The fourth-order valence-electron chi connectivity index (χ4n) is 1.67. The number of carbonyl (C=O) groups excluding carboxylic acids is 2. The van der Waals surface area contributed by atoms with Gasteiger partial charge in [0.15, 0.2) is 12.9 Å². The molecule has 0 unspecified atom stereocenters. The van der Waals surface area contributed by atoms with Gasteiger partial charge in [-0.15, -0.1) is 0 Å². The maximum absolute atomic E-state index is 10.9. The average Bonchev–Trinajstić information content (AvgIpc) is 2.35. The van der Waals surface area contributed by atoms with Gasteiger partial charge in [0.05, 0.1) is 0 Å². The molecule has 0 spiro atoms. The maximum atomic E-state index is 10.9. The molecule has 0 aliphatic heterocycles. The number of primary amides is 1. The van der Waals surface area contributed by atoms with Crippen LogP contribution in [0.1, 0.15) is 10.4 Å². The van der Waals surface area contributed by atoms with Crippen molar-refractivity contribution in [3.63, 3.8) is 0 Å². The lowest BCUT2D eigenvalue weighted by atomic mass is 10.0. The molecule has 17 heavy (non-hydrogen) atoms. The van der Waals surface area contributed by atoms with Gasteiger partial charge in [-0.25, -0.2) is 0 Å². The highest BCUT2D eigenvalue weighted by Gasteiger charge is 2.06. The Balaban J connectivity index is 2.50. The first-order valence-corrected chi connectivity index (χ1v) is 5.10. The second-order valence-corrected chi connectivity index (χ2v) is 3.57. The highest BCUT2D eigenvalue weighted by Crippen LogP contribution is 2.27. The van der Waals surface area contributed by atoms with Crippen LogP contribution >= 0.6 is 0 Å². The van der Waals surface area contributed by atoms with E-state index in [-0.39, 0.29) is 6.61 Å². The number of aldehydes is 1. The third-order valence-corrected chi connectivity index (χ3v) is 2.41. The van der Waals surface area contributed by atoms with Gasteiger partial charge in [0, 0.05) is 10.9 Å². The summed E-state index contributed by atoms with van der Waals surface area (Å²) >= 11 is 0. The molecule has 86 valence electrons. The Kier molecular flexibility index (Phi) is 3.05. The van der Waals surface area contributed by atoms with Crippen molar-refractivity contribution in [2.75, 3.05) is 6.61 Å². The van der Waals surface area contributed by atoms with Crippen molar-refractivity contribution in [2.24, 2.45) is 5.73 Å². The third-order valence-electron chi connectivity index (χ3n) is 2.41. The fraction of sp³-hybridized carbons (Fsp3) is 0.0769. The molecule has 2 rings (SSSR count). The molecule has 0 radical (unpaired) electrons. The molecule has 0 saturated heterocycles. The quantitative estimate of drug-likeness (QED) is 0.808. The summed E-state index contributed by atoms with van der Waals surface area (Å²) in [5.41, 5.74) is 5.61. The minimum atomic E-state index is -0.534. The molecule has 4 nitrogen and oxygen atoms in total. The summed E-state index contributed by atoms with van der Waals surface area (Å²) in [7, 11) is 0. The zero-order valence-corrected chi connectivity index (χ0v) is 9.05. The van der Waals surface area contributed by atoms with Crippen LogP contribution in [0.15, 0.2) is 36.4 Å². The number of hydrogen-bond acceptors (Lipinski definition) is 3. The van der Waals surface area contributed by atoms with Gasteiger partial charge < -0.3 is 10.5 Å². The predicted molar refractivity (Wildman–Crippen MR) is 64.0 cm³/mol. The lowest BCUT2D eigenvalue weighted by Gasteiger charge is -2.08. The van der Waals surface area contributed by atoms with Crippen LogP contribution < -0.4 is 10.5 Å². The molecule has 0 atom stereocenters. The normalized spacial score (nSPS) is 10.1. The summed E-state index contributed by atoms with van der Waals surface area (Å²) in [6.07, 6.45) is 0.792. The number of amides is 1. The van der Waals surface area contributed by atoms with E-state index in [1.807, 2.05) is 24.3 Å². The van der Waals surface area contributed by atoms with Gasteiger partial charge in [-0.3, -0.25) is 9.59 Å². The monoisotopic (exact) mass is 229 g/mol. The predicted octanol–water partition coefficient (Wildman–Crippen LogP) is 1.52. The van der Waals surface area contributed by atoms with Crippen molar-refractivity contribution in [3.05, 3.63) is 42.0 Å². The summed E-state index contributed by atoms with van der Waals surface area (Å²) in [6.45, 7) is -0.176. The van der Waals surface area contributed by atoms with E-state index >= 15 is 0 Å². The number of carbonyl (C=O) groups is 2. The van der Waals surface area contributed by atoms with Crippen LogP contribution in [0.5, 0.6) is 5.75 Å². The Morgan fingerprint density at radius 1 is 1.18 bits per heavy atom. The Hall–Kier alpha value is -2.36. The number of benzene rings is 2. The minimum absolute atomic E-state index is 0.176. The summed E-state index contributed by atoms with van der Waals surface area (Å²) in [5.74, 6) is 0.0125. The minimum Gasteiger partial charge on any atom is -0.483 e. The molecule has 0 aliphatic rings. The molecule has 0 fully saturated rings. The van der Waals surface area contributed by atoms with E-state index in [9.17, 15) is 9.59 Å². The van der Waals surface area contributed by atoms with Crippen LogP contribution in [0.3, 0.4) is 0 Å². The number of nitrogens with two attached hydrogens (primary N) is 1. The Bertz CT molecular complexity index is 578. The summed E-state index contributed by atoms with van der Waals surface area (Å²) in [4.78, 5) is 21.6. The second kappa shape index (κ2) is 4.65. The molecule has 1 amide bonds. The van der Waals surface area contributed by atoms with Crippen LogP contribution in [-0.2, 0) is 4.79 Å². The van der Waals surface area contributed by atoms with E-state index in [4.69, 9.17) is 10.5 Å². The molecule has 2 aromatic carbocycles. The Labute approximate surface area is 98.0 Å². The molecule has 2 aromatic rings. The van der Waals surface area contributed by atoms with Gasteiger partial charge in [0.25, 0.3) is 5.91 Å². The number of rotatable bonds is 4. The molecular weight excluding hydrogens is 218 g/mol. The van der Waals surface area contributed by atoms with E-state index in [0.29, 0.717) is 11.3 Å². The lowest BCUT2D eigenvalue weighted by molar-refractivity contribution is -0.119. The number of hydrogen-bond donors (Lipinski definition) is 1. The average molecular weight is 229 g/mol. The van der Waals surface area contributed by atoms with Crippen LogP contribution in [0.25, 0.3) is 10.8 Å². The van der Waals surface area contributed by atoms with Crippen molar-refractivity contribution in [2.45, 2.75) is 0 Å². The van der Waals surface area contributed by atoms with Crippen LogP contribution in [0, 0.1) is 0 Å². The van der Waals surface area contributed by atoms with Crippen molar-refractivity contribution in [1.29, 1.82) is 0 Å². The molecule has 0 aliphatic carbocycles. The van der Waals surface area contributed by atoms with E-state index in [0.717, 1.165) is 17.1 Å². The molecule has 4 heteroatoms. The Morgan fingerprint density at radius 2 is 1.88 bits per heavy atom. The standard InChI is InChI=1S/C13H11NO3/c14-13(16)8-17-12-6-5-9(7-15)10-3-1-2-4-11(10)12/h1-7H,8H2,(H2,14,16). The zero-order chi connectivity index (χ0) is 12.3. The topological polar surface area (TPSA) is 69.4 Å². The van der Waals surface area contributed by atoms with E-state index < -0.39 is 5.91 Å². The lowest BCUT2D eigenvalue weighted by Crippen LogP contribution is -2.20. The summed E-state index contributed by atoms with van der Waals surface area (Å²) < 4.78 is 5.29. The van der Waals surface area contributed by atoms with Crippen molar-refractivity contribution < 1.29 is 14.3 Å². The first-order valence-electron chi connectivity index (χ1n) is 5.10. The summed E-state index contributed by atoms with van der Waals surface area (Å²) in [5, 5.41) is 1.59. The van der Waals surface area contributed by atoms with E-state index in [1.165, 1.54) is 0 Å². The molecule has 2 N–H and O–H groups in total. The fourth-order valence-corrected chi connectivity index (χ4v) is 1.67. The van der Waals surface area contributed by atoms with Crippen LogP contribution in [-0.4, -0.2) is 18.8 Å². The van der Waals surface area contributed by atoms with Crippen molar-refractivity contribution in [3.8, 4) is 5.75 Å². The zero-order valence-electron chi connectivity index (χ0n) is 9.05. The van der Waals surface area contributed by atoms with Crippen LogP contribution in [0.2, 0.25) is 0 Å². The van der Waals surface area contributed by atoms with Gasteiger partial charge in [0.1, 0.15) is 5.75 Å². The third kappa shape index (κ3) is 2.25. The van der Waals surface area contributed by atoms with Gasteiger partial charge >= 0.3 is 0 Å². The van der Waals surface area contributed by atoms with E-state index in [1.54, 1.807) is 12.1 Å². The summed E-state index contributed by atoms with van der Waals surface area (Å²) in [6, 6.07) is 10.7. The molecule has 0 aromatic heterocycles. The SMILES string of the molecule is NC(=O)COc1ccc(C=O)c2ccccc12. The molecule has 0 bridgehead atoms. The number of fused-ring (bicyclic) bond motifs is 1. The van der Waals surface area contributed by atoms with Gasteiger partial charge in [-0.2, -0.15) is 0 Å². The van der Waals surface area contributed by atoms with Crippen molar-refractivity contribution >= 4 is 23.0 Å². The molecular formula is C13H11NO3. The number of ether oxygens (including phenoxy) is 1. The largest absolute Gasteiger partial charge is 0.483 e. The van der Waals surface area contributed by atoms with E-state index in [2.05, 4.69) is 0 Å². The smallest absolute Gasteiger partial charge is 0.255 e. The Morgan fingerprint density at radius 3 is 2.53 bits per heavy atom. The first kappa shape index (κ1) is 11.1. The highest BCUT2D eigenvalue weighted by molar-refractivity contribution is 6.01. The maximum Gasteiger partial charge on any atom is 0.255 e. The first-order chi connectivity index (χ1) is 8.22. The highest BCUT2D eigenvalue weighted by atomic mass is 16.5. The van der Waals surface area contributed by atoms with Gasteiger partial charge in [0.2, 0.25) is 0 Å².